The molecule has 0 saturated carbocycles. The molecule has 1 heterocycles. The third-order valence-corrected chi connectivity index (χ3v) is 8.09. The zero-order valence-corrected chi connectivity index (χ0v) is 23.0. The first kappa shape index (κ1) is 23.7. The van der Waals surface area contributed by atoms with E-state index in [1.165, 1.54) is 33.4 Å². The summed E-state index contributed by atoms with van der Waals surface area (Å²) >= 11 is 0. The lowest BCUT2D eigenvalue weighted by atomic mass is 9.79. The highest BCUT2D eigenvalue weighted by Gasteiger charge is 2.36. The van der Waals surface area contributed by atoms with E-state index in [1.54, 1.807) is 0 Å². The third-order valence-electron chi connectivity index (χ3n) is 8.09. The summed E-state index contributed by atoms with van der Waals surface area (Å²) in [6, 6.07) is 22.1. The quantitative estimate of drug-likeness (QED) is 0.270. The number of fused-ring (bicyclic) bond motifs is 5. The Labute approximate surface area is 220 Å². The monoisotopic (exact) mass is 485 g/mol. The van der Waals surface area contributed by atoms with E-state index in [0.29, 0.717) is 5.75 Å². The van der Waals surface area contributed by atoms with Crippen molar-refractivity contribution in [3.8, 4) is 28.1 Å². The van der Waals surface area contributed by atoms with Crippen molar-refractivity contribution in [1.82, 2.24) is 4.98 Å². The largest absolute Gasteiger partial charge is 0.507 e. The Bertz CT molecular complexity index is 1730. The summed E-state index contributed by atoms with van der Waals surface area (Å²) in [6.07, 6.45) is 2.64. The first-order chi connectivity index (χ1) is 17.5. The highest BCUT2D eigenvalue weighted by molar-refractivity contribution is 6.04. The summed E-state index contributed by atoms with van der Waals surface area (Å²) in [4.78, 5) is 4.84. The van der Waals surface area contributed by atoms with Crippen LogP contribution in [0, 0.1) is 19.3 Å². The number of rotatable bonds is 2. The van der Waals surface area contributed by atoms with Crippen molar-refractivity contribution in [3.63, 3.8) is 0 Å². The number of pyridine rings is 1. The molecule has 2 heteroatoms. The van der Waals surface area contributed by atoms with Gasteiger partial charge in [-0.2, -0.15) is 0 Å². The molecule has 0 aliphatic heterocycles. The fourth-order valence-electron chi connectivity index (χ4n) is 6.47. The van der Waals surface area contributed by atoms with Crippen molar-refractivity contribution >= 4 is 21.5 Å². The summed E-state index contributed by atoms with van der Waals surface area (Å²) in [5.41, 5.74) is 10.3. The molecule has 1 aromatic heterocycles. The van der Waals surface area contributed by atoms with Crippen molar-refractivity contribution < 1.29 is 5.11 Å². The van der Waals surface area contributed by atoms with Gasteiger partial charge in [-0.25, -0.2) is 0 Å². The molecule has 0 atom stereocenters. The van der Waals surface area contributed by atoms with Gasteiger partial charge in [0.2, 0.25) is 0 Å². The average Bonchev–Trinajstić information content (AvgIpc) is 3.05. The van der Waals surface area contributed by atoms with Crippen molar-refractivity contribution in [2.75, 3.05) is 0 Å². The van der Waals surface area contributed by atoms with E-state index >= 15 is 0 Å². The van der Waals surface area contributed by atoms with Gasteiger partial charge in [-0.3, -0.25) is 4.98 Å². The summed E-state index contributed by atoms with van der Waals surface area (Å²) < 4.78 is 0. The van der Waals surface area contributed by atoms with Crippen LogP contribution in [0.2, 0.25) is 0 Å². The van der Waals surface area contributed by atoms with Crippen LogP contribution in [0.3, 0.4) is 0 Å². The van der Waals surface area contributed by atoms with Crippen molar-refractivity contribution in [2.45, 2.75) is 60.3 Å². The van der Waals surface area contributed by atoms with E-state index in [9.17, 15) is 5.11 Å². The van der Waals surface area contributed by atoms with E-state index in [2.05, 4.69) is 109 Å². The van der Waals surface area contributed by atoms with Gasteiger partial charge < -0.3 is 5.11 Å². The molecule has 0 spiro atoms. The summed E-state index contributed by atoms with van der Waals surface area (Å²) in [6.45, 7) is 15.6. The molecule has 1 aliphatic carbocycles. The maximum atomic E-state index is 11.9. The van der Waals surface area contributed by atoms with Crippen LogP contribution in [0.4, 0.5) is 0 Å². The number of phenolic OH excluding ortho intramolecular Hbond substituents is 1. The lowest BCUT2D eigenvalue weighted by Crippen LogP contribution is -2.15. The Morgan fingerprint density at radius 2 is 1.54 bits per heavy atom. The molecule has 0 bridgehead atoms. The minimum Gasteiger partial charge on any atom is -0.507 e. The predicted octanol–water partition coefficient (Wildman–Crippen LogP) is 9.27. The van der Waals surface area contributed by atoms with Gasteiger partial charge in [0.05, 0.1) is 5.69 Å². The van der Waals surface area contributed by atoms with Crippen molar-refractivity contribution in [3.05, 3.63) is 94.7 Å². The van der Waals surface area contributed by atoms with E-state index in [0.717, 1.165) is 44.8 Å². The van der Waals surface area contributed by atoms with Gasteiger partial charge in [0, 0.05) is 28.1 Å². The minimum atomic E-state index is -0.0838. The first-order valence-electron chi connectivity index (χ1n) is 13.2. The van der Waals surface area contributed by atoms with Gasteiger partial charge in [0.25, 0.3) is 0 Å². The van der Waals surface area contributed by atoms with Crippen LogP contribution in [0.5, 0.6) is 5.75 Å². The van der Waals surface area contributed by atoms with Gasteiger partial charge in [0.1, 0.15) is 5.75 Å². The van der Waals surface area contributed by atoms with Crippen LogP contribution >= 0.6 is 0 Å². The SMILES string of the molecule is Cc1cc(C)c2c(-c3cc4cc5c(cc4c(CC(C)(C)C)c3O)C(C)(C)c3ccccc3-5)nccc2c1. The van der Waals surface area contributed by atoms with Crippen LogP contribution in [0.25, 0.3) is 43.9 Å². The second-order valence-electron chi connectivity index (χ2n) is 12.6. The summed E-state index contributed by atoms with van der Waals surface area (Å²) in [7, 11) is 0. The molecule has 186 valence electrons. The standard InChI is InChI=1S/C35H35NO/c1-20-14-21(2)31-22(15-20)12-13-36-32(31)27-17-23-16-26-24-10-8-9-11-29(24)35(6,7)30(26)18-25(23)28(33(27)37)19-34(3,4)5/h8-18,37H,19H2,1-7H3. The van der Waals surface area contributed by atoms with Crippen LogP contribution in [0.15, 0.2) is 66.9 Å². The van der Waals surface area contributed by atoms with Crippen LogP contribution in [-0.2, 0) is 11.8 Å². The Morgan fingerprint density at radius 3 is 2.30 bits per heavy atom. The second kappa shape index (κ2) is 7.92. The fraction of sp³-hybridized carbons (Fsp3) is 0.286. The zero-order valence-electron chi connectivity index (χ0n) is 23.0. The molecule has 0 amide bonds. The van der Waals surface area contributed by atoms with Crippen molar-refractivity contribution in [1.29, 1.82) is 0 Å². The molecule has 2 nitrogen and oxygen atoms in total. The Hall–Kier alpha value is -3.65. The molecule has 0 unspecified atom stereocenters. The normalized spacial score (nSPS) is 14.2. The average molecular weight is 486 g/mol. The van der Waals surface area contributed by atoms with Crippen LogP contribution in [0.1, 0.15) is 62.4 Å². The molecular weight excluding hydrogens is 450 g/mol. The van der Waals surface area contributed by atoms with Crippen LogP contribution in [-0.4, -0.2) is 10.1 Å². The van der Waals surface area contributed by atoms with Crippen LogP contribution < -0.4 is 0 Å². The van der Waals surface area contributed by atoms with Gasteiger partial charge >= 0.3 is 0 Å². The lowest BCUT2D eigenvalue weighted by molar-refractivity contribution is 0.397. The maximum absolute atomic E-state index is 11.9. The summed E-state index contributed by atoms with van der Waals surface area (Å²) in [5, 5.41) is 16.5. The number of hydrogen-bond donors (Lipinski definition) is 1. The first-order valence-corrected chi connectivity index (χ1v) is 13.2. The highest BCUT2D eigenvalue weighted by Crippen LogP contribution is 2.51. The Morgan fingerprint density at radius 1 is 0.811 bits per heavy atom. The topological polar surface area (TPSA) is 33.1 Å². The third kappa shape index (κ3) is 3.65. The fourth-order valence-corrected chi connectivity index (χ4v) is 6.47. The lowest BCUT2D eigenvalue weighted by Gasteiger charge is -2.25. The van der Waals surface area contributed by atoms with E-state index in [4.69, 9.17) is 4.98 Å². The molecule has 5 aromatic rings. The predicted molar refractivity (Wildman–Crippen MR) is 157 cm³/mol. The Balaban J connectivity index is 1.71. The van der Waals surface area contributed by atoms with Gasteiger partial charge in [-0.05, 0) is 93.9 Å². The number of hydrogen-bond acceptors (Lipinski definition) is 2. The molecule has 6 rings (SSSR count). The Kier molecular flexibility index (Phi) is 5.08. The number of aromatic hydroxyl groups is 1. The smallest absolute Gasteiger partial charge is 0.128 e. The summed E-state index contributed by atoms with van der Waals surface area (Å²) in [5.74, 6) is 0.357. The minimum absolute atomic E-state index is 0.0136. The number of benzene rings is 4. The molecule has 0 saturated heterocycles. The van der Waals surface area contributed by atoms with Gasteiger partial charge in [0.15, 0.2) is 0 Å². The number of aromatic nitrogens is 1. The highest BCUT2D eigenvalue weighted by atomic mass is 16.3. The molecule has 1 N–H and O–H groups in total. The molecular formula is C35H35NO. The van der Waals surface area contributed by atoms with E-state index in [1.807, 2.05) is 6.20 Å². The van der Waals surface area contributed by atoms with Gasteiger partial charge in [-0.1, -0.05) is 76.6 Å². The molecule has 0 radical (unpaired) electrons. The molecule has 4 aromatic carbocycles. The van der Waals surface area contributed by atoms with Gasteiger partial charge in [-0.15, -0.1) is 0 Å². The molecule has 37 heavy (non-hydrogen) atoms. The maximum Gasteiger partial charge on any atom is 0.128 e. The number of phenols is 1. The number of aryl methyl sites for hydroxylation is 2. The number of nitrogens with zero attached hydrogens (tertiary/aromatic N) is 1. The van der Waals surface area contributed by atoms with E-state index < -0.39 is 0 Å². The zero-order chi connectivity index (χ0) is 26.3. The molecule has 1 aliphatic rings. The van der Waals surface area contributed by atoms with Crippen molar-refractivity contribution in [2.24, 2.45) is 5.41 Å². The second-order valence-corrected chi connectivity index (χ2v) is 12.6. The van der Waals surface area contributed by atoms with E-state index in [-0.39, 0.29) is 10.8 Å². The molecule has 0 fully saturated rings.